The fourth-order valence-electron chi connectivity index (χ4n) is 0.235. The van der Waals surface area contributed by atoms with E-state index in [1.807, 2.05) is 0 Å². The lowest BCUT2D eigenvalue weighted by Gasteiger charge is -1.89. The molecule has 0 saturated heterocycles. The molecule has 0 aliphatic carbocycles. The van der Waals surface area contributed by atoms with E-state index in [-0.39, 0.29) is 0 Å². The van der Waals surface area contributed by atoms with E-state index in [4.69, 9.17) is 14.9 Å². The maximum Gasteiger partial charge on any atom is 0.152 e. The van der Waals surface area contributed by atoms with Gasteiger partial charge in [0.05, 0.1) is 13.2 Å². The molecule has 0 fully saturated rings. The Morgan fingerprint density at radius 2 is 1.70 bits per heavy atom. The van der Waals surface area contributed by atoms with E-state index in [0.717, 1.165) is 0 Å². The Morgan fingerprint density at radius 3 is 1.90 bits per heavy atom. The van der Waals surface area contributed by atoms with Crippen LogP contribution in [0.4, 0.5) is 0 Å². The maximum absolute atomic E-state index is 8.11. The van der Waals surface area contributed by atoms with Crippen molar-refractivity contribution in [3.63, 3.8) is 0 Å². The van der Waals surface area contributed by atoms with Crippen molar-refractivity contribution in [3.8, 4) is 0 Å². The van der Waals surface area contributed by atoms with Gasteiger partial charge in [0.2, 0.25) is 0 Å². The number of nitrogens with zero attached hydrogens (tertiary/aromatic N) is 1. The Kier molecular flexibility index (Phi) is 18.2. The minimum Gasteiger partial charge on any atom is -0.379 e. The van der Waals surface area contributed by atoms with E-state index in [1.165, 1.54) is 5.34 Å². The number of ether oxygens (including phenoxy) is 1. The minimum atomic E-state index is 0.617. The summed E-state index contributed by atoms with van der Waals surface area (Å²) in [6.07, 6.45) is 3.42. The fraction of sp³-hybridized carbons (Fsp3) is 0.333. The third-order valence-electron chi connectivity index (χ3n) is 0.471. The van der Waals surface area contributed by atoms with Crippen molar-refractivity contribution in [3.05, 3.63) is 30.2 Å². The zero-order chi connectivity index (χ0) is 8.24. The van der Waals surface area contributed by atoms with E-state index in [0.29, 0.717) is 13.2 Å². The molecule has 0 radical (unpaired) electrons. The molecule has 0 aliphatic rings. The van der Waals surface area contributed by atoms with Crippen LogP contribution in [0.2, 0.25) is 0 Å². The molecule has 0 aliphatic heterocycles. The van der Waals surface area contributed by atoms with Crippen molar-refractivity contribution >= 4 is 0 Å². The Balaban J connectivity index is 0. The largest absolute Gasteiger partial charge is 0.379 e. The molecule has 0 bridgehead atoms. The molecule has 58 valence electrons. The summed E-state index contributed by atoms with van der Waals surface area (Å²) in [4.78, 5) is 8.11. The van der Waals surface area contributed by atoms with Crippen molar-refractivity contribution in [2.45, 2.75) is 0 Å². The first-order valence-corrected chi connectivity index (χ1v) is 2.59. The van der Waals surface area contributed by atoms with Gasteiger partial charge >= 0.3 is 0 Å². The van der Waals surface area contributed by atoms with Gasteiger partial charge in [-0.2, -0.15) is 0 Å². The van der Waals surface area contributed by atoms with E-state index in [2.05, 4.69) is 13.2 Å². The molecule has 0 unspecified atom stereocenters. The molecule has 0 atom stereocenters. The highest BCUT2D eigenvalue weighted by Crippen LogP contribution is 1.72. The first-order valence-electron chi connectivity index (χ1n) is 2.59. The van der Waals surface area contributed by atoms with Crippen LogP contribution in [-0.4, -0.2) is 18.4 Å². The van der Waals surface area contributed by atoms with Gasteiger partial charge in [0, 0.05) is 0 Å². The number of hydrogen-bond acceptors (Lipinski definition) is 3. The van der Waals surface area contributed by atoms with E-state index >= 15 is 0 Å². The summed E-state index contributed by atoms with van der Waals surface area (Å²) < 4.78 is 4.90. The van der Waals surface area contributed by atoms with Crippen LogP contribution in [0.25, 0.3) is 0 Å². The topological polar surface area (TPSA) is 58.9 Å². The first kappa shape index (κ1) is 11.6. The summed E-state index contributed by atoms with van der Waals surface area (Å²) in [7, 11) is 0. The summed E-state index contributed by atoms with van der Waals surface area (Å²) in [5, 5.41) is 7.89. The third-order valence-corrected chi connectivity index (χ3v) is 0.471. The smallest absolute Gasteiger partial charge is 0.152 e. The van der Waals surface area contributed by atoms with Crippen LogP contribution in [0.3, 0.4) is 0 Å². The minimum absolute atomic E-state index is 0.617. The highest BCUT2D eigenvalue weighted by molar-refractivity contribution is 4.68. The van der Waals surface area contributed by atoms with Crippen molar-refractivity contribution in [2.75, 3.05) is 13.2 Å². The SMILES string of the molecule is C=CCOCC=C.O=NO. The molecular formula is C6H11NO3. The molecule has 4 heteroatoms. The lowest BCUT2D eigenvalue weighted by atomic mass is 10.6. The molecular weight excluding hydrogens is 134 g/mol. The molecule has 0 aromatic rings. The van der Waals surface area contributed by atoms with E-state index < -0.39 is 0 Å². The Bertz CT molecular complexity index is 85.0. The van der Waals surface area contributed by atoms with Gasteiger partial charge in [-0.25, -0.2) is 0 Å². The monoisotopic (exact) mass is 145 g/mol. The van der Waals surface area contributed by atoms with Crippen molar-refractivity contribution < 1.29 is 9.94 Å². The Morgan fingerprint density at radius 1 is 1.40 bits per heavy atom. The van der Waals surface area contributed by atoms with Gasteiger partial charge in [-0.15, -0.1) is 18.1 Å². The molecule has 0 amide bonds. The predicted molar refractivity (Wildman–Crippen MR) is 38.8 cm³/mol. The van der Waals surface area contributed by atoms with Gasteiger partial charge in [-0.05, 0) is 0 Å². The van der Waals surface area contributed by atoms with Gasteiger partial charge in [-0.3, -0.25) is 0 Å². The average Bonchev–Trinajstić information content (AvgIpc) is 1.91. The highest BCUT2D eigenvalue weighted by Gasteiger charge is 1.70. The Labute approximate surface area is 59.7 Å². The molecule has 0 spiro atoms. The summed E-state index contributed by atoms with van der Waals surface area (Å²) in [5.41, 5.74) is 0. The van der Waals surface area contributed by atoms with Crippen LogP contribution in [0.5, 0.6) is 0 Å². The summed E-state index contributed by atoms with van der Waals surface area (Å²) in [6, 6.07) is 0. The molecule has 1 N–H and O–H groups in total. The molecule has 0 aromatic heterocycles. The normalized spacial score (nSPS) is 6.80. The lowest BCUT2D eigenvalue weighted by Crippen LogP contribution is -1.87. The second-order valence-corrected chi connectivity index (χ2v) is 1.20. The van der Waals surface area contributed by atoms with Gasteiger partial charge < -0.3 is 9.94 Å². The van der Waals surface area contributed by atoms with Gasteiger partial charge in [0.15, 0.2) is 5.34 Å². The quantitative estimate of drug-likeness (QED) is 0.282. The van der Waals surface area contributed by atoms with Crippen LogP contribution >= 0.6 is 0 Å². The van der Waals surface area contributed by atoms with E-state index in [1.54, 1.807) is 12.2 Å². The van der Waals surface area contributed by atoms with Crippen LogP contribution in [0, 0.1) is 4.91 Å². The molecule has 0 rings (SSSR count). The second-order valence-electron chi connectivity index (χ2n) is 1.20. The predicted octanol–water partition coefficient (Wildman–Crippen LogP) is 1.52. The van der Waals surface area contributed by atoms with Crippen LogP contribution in [-0.2, 0) is 4.74 Å². The highest BCUT2D eigenvalue weighted by atomic mass is 16.6. The average molecular weight is 145 g/mol. The van der Waals surface area contributed by atoms with Crippen LogP contribution in [0.1, 0.15) is 0 Å². The zero-order valence-electron chi connectivity index (χ0n) is 5.69. The molecule has 10 heavy (non-hydrogen) atoms. The molecule has 0 saturated carbocycles. The van der Waals surface area contributed by atoms with Gasteiger partial charge in [-0.1, -0.05) is 12.2 Å². The summed E-state index contributed by atoms with van der Waals surface area (Å²) in [5.74, 6) is 0. The van der Waals surface area contributed by atoms with Gasteiger partial charge in [0.1, 0.15) is 0 Å². The van der Waals surface area contributed by atoms with Crippen molar-refractivity contribution in [1.29, 1.82) is 0 Å². The van der Waals surface area contributed by atoms with E-state index in [9.17, 15) is 0 Å². The standard InChI is InChI=1S/C6H10O.HNO2/c1-3-5-7-6-4-2;2-1-3/h3-4H,1-2,5-6H2;(H,2,3). The van der Waals surface area contributed by atoms with Crippen molar-refractivity contribution in [1.82, 2.24) is 0 Å². The number of hydrogen-bond donors (Lipinski definition) is 1. The summed E-state index contributed by atoms with van der Waals surface area (Å²) >= 11 is 0. The molecule has 0 aromatic carbocycles. The second kappa shape index (κ2) is 15.7. The van der Waals surface area contributed by atoms with Crippen LogP contribution in [0.15, 0.2) is 30.7 Å². The van der Waals surface area contributed by atoms with Crippen LogP contribution < -0.4 is 0 Å². The first-order chi connectivity index (χ1) is 4.83. The summed E-state index contributed by atoms with van der Waals surface area (Å²) in [6.45, 7) is 8.18. The van der Waals surface area contributed by atoms with Crippen molar-refractivity contribution in [2.24, 2.45) is 5.34 Å². The number of rotatable bonds is 4. The lowest BCUT2D eigenvalue weighted by molar-refractivity contribution is 0.194. The molecule has 0 heterocycles. The van der Waals surface area contributed by atoms with Gasteiger partial charge in [0.25, 0.3) is 0 Å². The molecule has 4 nitrogen and oxygen atoms in total. The zero-order valence-corrected chi connectivity index (χ0v) is 5.69. The Hall–Kier alpha value is -1.16. The maximum atomic E-state index is 8.11. The fourth-order valence-corrected chi connectivity index (χ4v) is 0.235. The third kappa shape index (κ3) is 28.9.